The molecule has 0 fully saturated rings. The Morgan fingerprint density at radius 2 is 1.39 bits per heavy atom. The fraction of sp³-hybridized carbons (Fsp3) is 0.550. The van der Waals surface area contributed by atoms with Gasteiger partial charge in [-0.25, -0.2) is 4.79 Å². The summed E-state index contributed by atoms with van der Waals surface area (Å²) in [6.07, 6.45) is 0. The molecule has 0 saturated carbocycles. The van der Waals surface area contributed by atoms with E-state index in [1.807, 2.05) is 0 Å². The molecule has 0 amide bonds. The Kier molecular flexibility index (Phi) is 13.9. The van der Waals surface area contributed by atoms with Gasteiger partial charge in [-0.3, -0.25) is 20.2 Å². The van der Waals surface area contributed by atoms with E-state index in [2.05, 4.69) is 11.9 Å². The van der Waals surface area contributed by atoms with Gasteiger partial charge in [0.15, 0.2) is 0 Å². The third-order valence-corrected chi connectivity index (χ3v) is 3.88. The summed E-state index contributed by atoms with van der Waals surface area (Å²) in [5.41, 5.74) is -0.198. The van der Waals surface area contributed by atoms with Gasteiger partial charge in [-0.15, -0.1) is 0 Å². The van der Waals surface area contributed by atoms with Crippen LogP contribution in [0.2, 0.25) is 0 Å². The van der Waals surface area contributed by atoms with Crippen LogP contribution in [-0.4, -0.2) is 81.8 Å². The lowest BCUT2D eigenvalue weighted by atomic mass is 10.2. The number of hydrogen-bond donors (Lipinski definition) is 1. The van der Waals surface area contributed by atoms with Gasteiger partial charge in [0.05, 0.1) is 68.8 Å². The molecule has 0 unspecified atom stereocenters. The van der Waals surface area contributed by atoms with Crippen LogP contribution in [0.15, 0.2) is 30.4 Å². The van der Waals surface area contributed by atoms with Crippen LogP contribution in [0.5, 0.6) is 0 Å². The second-order valence-corrected chi connectivity index (χ2v) is 6.51. The van der Waals surface area contributed by atoms with Gasteiger partial charge >= 0.3 is 5.97 Å². The topological polar surface area (TPSA) is 162 Å². The van der Waals surface area contributed by atoms with Gasteiger partial charge in [-0.2, -0.15) is 0 Å². The number of nitro benzene ring substituents is 2. The fourth-order valence-corrected chi connectivity index (χ4v) is 2.27. The highest BCUT2D eigenvalue weighted by Crippen LogP contribution is 2.28. The maximum atomic E-state index is 11.1. The van der Waals surface area contributed by atoms with Crippen molar-refractivity contribution >= 4 is 23.0 Å². The van der Waals surface area contributed by atoms with Crippen molar-refractivity contribution < 1.29 is 38.3 Å². The van der Waals surface area contributed by atoms with E-state index in [-0.39, 0.29) is 43.4 Å². The minimum absolute atomic E-state index is 0.162. The Hall–Kier alpha value is -3.13. The number of hydrogen-bond acceptors (Lipinski definition) is 11. The predicted molar refractivity (Wildman–Crippen MR) is 117 cm³/mol. The second-order valence-electron chi connectivity index (χ2n) is 6.51. The molecule has 0 aliphatic heterocycles. The molecule has 1 aromatic rings. The molecule has 0 aromatic heterocycles. The normalized spacial score (nSPS) is 10.6. The molecule has 13 heteroatoms. The number of rotatable bonds is 19. The van der Waals surface area contributed by atoms with E-state index in [9.17, 15) is 25.0 Å². The molecule has 0 radical (unpaired) electrons. The SMILES string of the molecule is C=C(C)C(=O)OCCOCCOCCOCCOCCNc1ccc([N+](=O)[O-])cc1[N+](=O)[O-]. The highest BCUT2D eigenvalue weighted by Gasteiger charge is 2.18. The van der Waals surface area contributed by atoms with E-state index < -0.39 is 15.8 Å². The van der Waals surface area contributed by atoms with Gasteiger partial charge in [-0.1, -0.05) is 6.58 Å². The lowest BCUT2D eigenvalue weighted by Gasteiger charge is -2.09. The molecule has 0 aliphatic carbocycles. The van der Waals surface area contributed by atoms with Crippen molar-refractivity contribution in [3.8, 4) is 0 Å². The molecule has 0 saturated heterocycles. The minimum atomic E-state index is -0.689. The summed E-state index contributed by atoms with van der Waals surface area (Å²) in [4.78, 5) is 31.6. The Bertz CT molecular complexity index is 787. The molecule has 0 aliphatic rings. The average molecular weight is 471 g/mol. The summed E-state index contributed by atoms with van der Waals surface area (Å²) >= 11 is 0. The monoisotopic (exact) mass is 471 g/mol. The van der Waals surface area contributed by atoms with E-state index in [0.29, 0.717) is 45.2 Å². The number of non-ortho nitro benzene ring substituents is 1. The number of nitrogens with zero attached hydrogens (tertiary/aromatic N) is 2. The number of anilines is 1. The van der Waals surface area contributed by atoms with Crippen LogP contribution < -0.4 is 5.32 Å². The number of ether oxygens (including phenoxy) is 5. The van der Waals surface area contributed by atoms with E-state index >= 15 is 0 Å². The van der Waals surface area contributed by atoms with E-state index in [1.54, 1.807) is 6.92 Å². The third kappa shape index (κ3) is 12.5. The van der Waals surface area contributed by atoms with Crippen LogP contribution in [0.3, 0.4) is 0 Å². The molecule has 0 bridgehead atoms. The summed E-state index contributed by atoms with van der Waals surface area (Å²) in [5, 5.41) is 24.6. The second kappa shape index (κ2) is 16.5. The summed E-state index contributed by atoms with van der Waals surface area (Å²) in [6, 6.07) is 3.40. The van der Waals surface area contributed by atoms with Crippen molar-refractivity contribution in [1.82, 2.24) is 0 Å². The van der Waals surface area contributed by atoms with Gasteiger partial charge in [0.1, 0.15) is 12.3 Å². The Morgan fingerprint density at radius 1 is 0.879 bits per heavy atom. The summed E-state index contributed by atoms with van der Waals surface area (Å²) in [7, 11) is 0. The highest BCUT2D eigenvalue weighted by atomic mass is 16.6. The van der Waals surface area contributed by atoms with E-state index in [4.69, 9.17) is 23.7 Å². The van der Waals surface area contributed by atoms with Crippen LogP contribution in [0.1, 0.15) is 6.92 Å². The van der Waals surface area contributed by atoms with E-state index in [1.165, 1.54) is 12.1 Å². The number of nitro groups is 2. The zero-order valence-corrected chi connectivity index (χ0v) is 18.5. The van der Waals surface area contributed by atoms with Crippen molar-refractivity contribution in [2.45, 2.75) is 6.92 Å². The number of benzene rings is 1. The fourth-order valence-electron chi connectivity index (χ4n) is 2.27. The van der Waals surface area contributed by atoms with Gasteiger partial charge in [0.2, 0.25) is 0 Å². The van der Waals surface area contributed by atoms with Crippen LogP contribution >= 0.6 is 0 Å². The predicted octanol–water partition coefficient (Wildman–Crippen LogP) is 2.10. The first-order valence-corrected chi connectivity index (χ1v) is 10.1. The quantitative estimate of drug-likeness (QED) is 0.103. The average Bonchev–Trinajstić information content (AvgIpc) is 2.78. The maximum absolute atomic E-state index is 11.1. The molecule has 0 spiro atoms. The van der Waals surface area contributed by atoms with Crippen molar-refractivity contribution in [1.29, 1.82) is 0 Å². The highest BCUT2D eigenvalue weighted by molar-refractivity contribution is 5.86. The van der Waals surface area contributed by atoms with Crippen LogP contribution in [-0.2, 0) is 28.5 Å². The van der Waals surface area contributed by atoms with Crippen molar-refractivity contribution in [3.63, 3.8) is 0 Å². The Balaban J connectivity index is 1.97. The molecule has 1 aromatic carbocycles. The van der Waals surface area contributed by atoms with E-state index in [0.717, 1.165) is 6.07 Å². The summed E-state index contributed by atoms with van der Waals surface area (Å²) in [5.74, 6) is -0.444. The zero-order chi connectivity index (χ0) is 24.5. The van der Waals surface area contributed by atoms with Crippen LogP contribution in [0.4, 0.5) is 17.1 Å². The first-order valence-electron chi connectivity index (χ1n) is 10.1. The largest absolute Gasteiger partial charge is 0.460 e. The lowest BCUT2D eigenvalue weighted by Crippen LogP contribution is -2.15. The Morgan fingerprint density at radius 3 is 1.88 bits per heavy atom. The molecule has 0 atom stereocenters. The third-order valence-electron chi connectivity index (χ3n) is 3.88. The van der Waals surface area contributed by atoms with Crippen molar-refractivity contribution in [2.24, 2.45) is 0 Å². The summed E-state index contributed by atoms with van der Waals surface area (Å²) in [6.45, 7) is 8.25. The maximum Gasteiger partial charge on any atom is 0.333 e. The van der Waals surface area contributed by atoms with Crippen LogP contribution in [0, 0.1) is 20.2 Å². The van der Waals surface area contributed by atoms with Gasteiger partial charge in [0, 0.05) is 18.2 Å². The molecule has 184 valence electrons. The van der Waals surface area contributed by atoms with Crippen molar-refractivity contribution in [2.75, 3.05) is 71.3 Å². The molecule has 1 rings (SSSR count). The summed E-state index contributed by atoms with van der Waals surface area (Å²) < 4.78 is 26.2. The first kappa shape index (κ1) is 27.9. The standard InChI is InChI=1S/C20H29N3O10/c1-16(2)20(24)33-14-13-32-12-11-31-10-9-30-8-7-29-6-5-21-18-4-3-17(22(25)26)15-19(18)23(27)28/h3-4,15,21H,1,5-14H2,2H3. The number of esters is 1. The van der Waals surface area contributed by atoms with Crippen molar-refractivity contribution in [3.05, 3.63) is 50.6 Å². The zero-order valence-electron chi connectivity index (χ0n) is 18.5. The molecule has 13 nitrogen and oxygen atoms in total. The van der Waals surface area contributed by atoms with Crippen LogP contribution in [0.25, 0.3) is 0 Å². The molecule has 33 heavy (non-hydrogen) atoms. The first-order chi connectivity index (χ1) is 15.8. The van der Waals surface area contributed by atoms with Gasteiger partial charge < -0.3 is 29.0 Å². The molecule has 1 N–H and O–H groups in total. The number of carbonyl (C=O) groups excluding carboxylic acids is 1. The molecular weight excluding hydrogens is 442 g/mol. The minimum Gasteiger partial charge on any atom is -0.460 e. The number of nitrogens with one attached hydrogen (secondary N) is 1. The lowest BCUT2D eigenvalue weighted by molar-refractivity contribution is -0.393. The van der Waals surface area contributed by atoms with Gasteiger partial charge in [0.25, 0.3) is 11.4 Å². The smallest absolute Gasteiger partial charge is 0.333 e. The number of carbonyl (C=O) groups is 1. The molecule has 0 heterocycles. The van der Waals surface area contributed by atoms with Gasteiger partial charge in [-0.05, 0) is 13.0 Å². The Labute approximate surface area is 190 Å². The molecular formula is C20H29N3O10.